The lowest BCUT2D eigenvalue weighted by Gasteiger charge is -2.35. The normalized spacial score (nSPS) is 15.9. The molecule has 3 rings (SSSR count). The van der Waals surface area contributed by atoms with Crippen LogP contribution in [0, 0.1) is 0 Å². The van der Waals surface area contributed by atoms with E-state index in [0.717, 1.165) is 5.69 Å². The maximum atomic E-state index is 13.0. The van der Waals surface area contributed by atoms with Crippen LogP contribution in [0.2, 0.25) is 15.1 Å². The number of anilines is 1. The molecule has 1 heterocycles. The van der Waals surface area contributed by atoms with Crippen LogP contribution in [-0.4, -0.2) is 46.0 Å². The lowest BCUT2D eigenvalue weighted by Crippen LogP contribution is -2.48. The zero-order chi connectivity index (χ0) is 18.9. The standard InChI is InChI=1S/C17H17Cl3N2O3S/c1-25-17-15(6-5-14(19)16(17)20)26(23,24)22-9-7-21(8-10-22)13-4-2-3-12(18)11-13/h2-6,11H,7-10H2,1H3. The van der Waals surface area contributed by atoms with E-state index in [1.54, 1.807) is 0 Å². The Labute approximate surface area is 168 Å². The van der Waals surface area contributed by atoms with Crippen LogP contribution < -0.4 is 9.64 Å². The Morgan fingerprint density at radius 2 is 1.69 bits per heavy atom. The van der Waals surface area contributed by atoms with Crippen molar-refractivity contribution in [1.82, 2.24) is 4.31 Å². The predicted molar refractivity (Wildman–Crippen MR) is 105 cm³/mol. The second-order valence-corrected chi connectivity index (χ2v) is 8.89. The highest BCUT2D eigenvalue weighted by Gasteiger charge is 2.32. The fourth-order valence-corrected chi connectivity index (χ4v) is 5.12. The van der Waals surface area contributed by atoms with Crippen LogP contribution in [-0.2, 0) is 10.0 Å². The smallest absolute Gasteiger partial charge is 0.246 e. The number of piperazine rings is 1. The summed E-state index contributed by atoms with van der Waals surface area (Å²) < 4.78 is 32.7. The minimum atomic E-state index is -3.75. The van der Waals surface area contributed by atoms with Gasteiger partial charge in [-0.15, -0.1) is 0 Å². The molecular weight excluding hydrogens is 419 g/mol. The predicted octanol–water partition coefficient (Wildman–Crippen LogP) is 4.17. The van der Waals surface area contributed by atoms with Gasteiger partial charge in [0.1, 0.15) is 9.92 Å². The van der Waals surface area contributed by atoms with Gasteiger partial charge in [0.25, 0.3) is 0 Å². The number of sulfonamides is 1. The monoisotopic (exact) mass is 434 g/mol. The minimum Gasteiger partial charge on any atom is -0.494 e. The molecule has 1 aliphatic rings. The molecule has 0 unspecified atom stereocenters. The Kier molecular flexibility index (Phi) is 5.89. The van der Waals surface area contributed by atoms with Crippen LogP contribution in [0.25, 0.3) is 0 Å². The molecule has 0 spiro atoms. The van der Waals surface area contributed by atoms with Crippen molar-refractivity contribution in [2.75, 3.05) is 38.2 Å². The van der Waals surface area contributed by atoms with Crippen LogP contribution in [0.1, 0.15) is 0 Å². The molecule has 0 atom stereocenters. The molecule has 9 heteroatoms. The highest BCUT2D eigenvalue weighted by Crippen LogP contribution is 2.38. The summed E-state index contributed by atoms with van der Waals surface area (Å²) in [5.74, 6) is 0.0661. The highest BCUT2D eigenvalue weighted by molar-refractivity contribution is 7.89. The summed E-state index contributed by atoms with van der Waals surface area (Å²) in [6.45, 7) is 1.81. The van der Waals surface area contributed by atoms with Gasteiger partial charge in [0.15, 0.2) is 5.75 Å². The zero-order valence-corrected chi connectivity index (χ0v) is 17.0. The Morgan fingerprint density at radius 1 is 1.00 bits per heavy atom. The molecule has 2 aromatic rings. The van der Waals surface area contributed by atoms with Gasteiger partial charge in [-0.25, -0.2) is 8.42 Å². The van der Waals surface area contributed by atoms with E-state index in [1.807, 2.05) is 24.3 Å². The fraction of sp³-hybridized carbons (Fsp3) is 0.294. The highest BCUT2D eigenvalue weighted by atomic mass is 35.5. The van der Waals surface area contributed by atoms with Gasteiger partial charge in [-0.05, 0) is 30.3 Å². The second kappa shape index (κ2) is 7.82. The van der Waals surface area contributed by atoms with Gasteiger partial charge in [-0.1, -0.05) is 40.9 Å². The number of hydrogen-bond donors (Lipinski definition) is 0. The molecule has 0 aromatic heterocycles. The quantitative estimate of drug-likeness (QED) is 0.723. The van der Waals surface area contributed by atoms with Crippen molar-refractivity contribution in [3.63, 3.8) is 0 Å². The summed E-state index contributed by atoms with van der Waals surface area (Å²) in [5.41, 5.74) is 0.974. The summed E-state index contributed by atoms with van der Waals surface area (Å²) in [4.78, 5) is 2.12. The molecule has 0 radical (unpaired) electrons. The van der Waals surface area contributed by atoms with Crippen LogP contribution >= 0.6 is 34.8 Å². The van der Waals surface area contributed by atoms with E-state index in [-0.39, 0.29) is 20.7 Å². The number of methoxy groups -OCH3 is 1. The average molecular weight is 436 g/mol. The molecule has 1 saturated heterocycles. The largest absolute Gasteiger partial charge is 0.494 e. The number of rotatable bonds is 4. The Morgan fingerprint density at radius 3 is 2.31 bits per heavy atom. The summed E-state index contributed by atoms with van der Waals surface area (Å²) >= 11 is 18.1. The number of benzene rings is 2. The third-order valence-corrected chi connectivity index (χ3v) is 7.19. The molecule has 0 amide bonds. The molecule has 0 N–H and O–H groups in total. The molecular formula is C17H17Cl3N2O3S. The summed E-state index contributed by atoms with van der Waals surface area (Å²) in [6, 6.07) is 10.4. The summed E-state index contributed by atoms with van der Waals surface area (Å²) in [7, 11) is -2.38. The summed E-state index contributed by atoms with van der Waals surface area (Å²) in [5, 5.41) is 0.985. The average Bonchev–Trinajstić information content (AvgIpc) is 2.63. The number of ether oxygens (including phenoxy) is 1. The Balaban J connectivity index is 1.82. The van der Waals surface area contributed by atoms with Crippen molar-refractivity contribution >= 4 is 50.5 Å². The molecule has 2 aromatic carbocycles. The van der Waals surface area contributed by atoms with Gasteiger partial charge >= 0.3 is 0 Å². The van der Waals surface area contributed by atoms with Gasteiger partial charge in [-0.2, -0.15) is 4.31 Å². The topological polar surface area (TPSA) is 49.9 Å². The van der Waals surface area contributed by atoms with Crippen LogP contribution in [0.3, 0.4) is 0 Å². The van der Waals surface area contributed by atoms with Crippen molar-refractivity contribution in [2.45, 2.75) is 4.90 Å². The number of nitrogens with zero attached hydrogens (tertiary/aromatic N) is 2. The SMILES string of the molecule is COc1c(S(=O)(=O)N2CCN(c3cccc(Cl)c3)CC2)ccc(Cl)c1Cl. The first-order chi connectivity index (χ1) is 12.3. The molecule has 140 valence electrons. The van der Waals surface area contributed by atoms with E-state index in [9.17, 15) is 8.42 Å². The van der Waals surface area contributed by atoms with E-state index in [1.165, 1.54) is 23.5 Å². The maximum absolute atomic E-state index is 13.0. The lowest BCUT2D eigenvalue weighted by atomic mass is 10.2. The first-order valence-corrected chi connectivity index (χ1v) is 10.4. The van der Waals surface area contributed by atoms with Crippen LogP contribution in [0.4, 0.5) is 5.69 Å². The van der Waals surface area contributed by atoms with E-state index >= 15 is 0 Å². The molecule has 1 fully saturated rings. The first-order valence-electron chi connectivity index (χ1n) is 7.87. The zero-order valence-electron chi connectivity index (χ0n) is 14.0. The van der Waals surface area contributed by atoms with Crippen molar-refractivity contribution in [3.05, 3.63) is 51.5 Å². The minimum absolute atomic E-state index is 0.0191. The van der Waals surface area contributed by atoms with Gasteiger partial charge in [0, 0.05) is 36.9 Å². The Bertz CT molecular complexity index is 913. The van der Waals surface area contributed by atoms with Crippen molar-refractivity contribution in [1.29, 1.82) is 0 Å². The second-order valence-electron chi connectivity index (χ2n) is 5.76. The van der Waals surface area contributed by atoms with Crippen molar-refractivity contribution in [3.8, 4) is 5.75 Å². The van der Waals surface area contributed by atoms with Crippen molar-refractivity contribution < 1.29 is 13.2 Å². The van der Waals surface area contributed by atoms with E-state index in [0.29, 0.717) is 31.2 Å². The molecule has 0 saturated carbocycles. The fourth-order valence-electron chi connectivity index (χ4n) is 2.91. The van der Waals surface area contributed by atoms with E-state index < -0.39 is 10.0 Å². The van der Waals surface area contributed by atoms with Crippen molar-refractivity contribution in [2.24, 2.45) is 0 Å². The molecule has 5 nitrogen and oxygen atoms in total. The van der Waals surface area contributed by atoms with Gasteiger partial charge in [-0.3, -0.25) is 0 Å². The molecule has 0 aliphatic carbocycles. The maximum Gasteiger partial charge on any atom is 0.246 e. The van der Waals surface area contributed by atoms with Gasteiger partial charge < -0.3 is 9.64 Å². The first kappa shape index (κ1) is 19.6. The van der Waals surface area contributed by atoms with Gasteiger partial charge in [0.05, 0.1) is 12.1 Å². The molecule has 26 heavy (non-hydrogen) atoms. The number of hydrogen-bond acceptors (Lipinski definition) is 4. The van der Waals surface area contributed by atoms with Crippen LogP contribution in [0.15, 0.2) is 41.3 Å². The molecule has 0 bridgehead atoms. The van der Waals surface area contributed by atoms with E-state index in [2.05, 4.69) is 4.90 Å². The summed E-state index contributed by atoms with van der Waals surface area (Å²) in [6.07, 6.45) is 0. The Hall–Kier alpha value is -1.18. The molecule has 1 aliphatic heterocycles. The van der Waals surface area contributed by atoms with Gasteiger partial charge in [0.2, 0.25) is 10.0 Å². The third kappa shape index (κ3) is 3.75. The van der Waals surface area contributed by atoms with E-state index in [4.69, 9.17) is 39.5 Å². The third-order valence-electron chi connectivity index (χ3n) is 4.25. The number of halogens is 3. The lowest BCUT2D eigenvalue weighted by molar-refractivity contribution is 0.374. The van der Waals surface area contributed by atoms with Crippen LogP contribution in [0.5, 0.6) is 5.75 Å².